The molecule has 3 rings (SSSR count). The lowest BCUT2D eigenvalue weighted by molar-refractivity contribution is -0.196. The number of aliphatic hydroxyl groups is 1. The lowest BCUT2D eigenvalue weighted by Gasteiger charge is -2.48. The Balaban J connectivity index is 1.60. The largest absolute Gasteiger partial charge is 0.479 e. The minimum atomic E-state index is -2.27. The molecule has 3 unspecified atom stereocenters. The van der Waals surface area contributed by atoms with Gasteiger partial charge >= 0.3 is 5.97 Å². The van der Waals surface area contributed by atoms with Crippen molar-refractivity contribution in [2.24, 2.45) is 17.8 Å². The highest BCUT2D eigenvalue weighted by atomic mass is 28.4. The zero-order chi connectivity index (χ0) is 28.7. The molecule has 2 aliphatic carbocycles. The Morgan fingerprint density at radius 3 is 2.23 bits per heavy atom. The first-order valence-electron chi connectivity index (χ1n) is 16.3. The molecule has 0 spiro atoms. The number of aliphatic carboxylic acids is 1. The van der Waals surface area contributed by atoms with E-state index in [0.29, 0.717) is 18.8 Å². The third-order valence-electron chi connectivity index (χ3n) is 10.5. The summed E-state index contributed by atoms with van der Waals surface area (Å²) in [7, 11) is -2.27. The smallest absolute Gasteiger partial charge is 0.335 e. The number of ether oxygens (including phenoxy) is 2. The second-order valence-corrected chi connectivity index (χ2v) is 19.1. The fourth-order valence-electron chi connectivity index (χ4n) is 7.24. The molecule has 3 fully saturated rings. The Morgan fingerprint density at radius 2 is 1.64 bits per heavy atom. The molecule has 0 aromatic carbocycles. The monoisotopic (exact) mass is 568 g/mol. The average Bonchev–Trinajstić information content (AvgIpc) is 3.17. The topological polar surface area (TPSA) is 85.2 Å². The predicted octanol–water partition coefficient (Wildman–Crippen LogP) is 8.07. The van der Waals surface area contributed by atoms with Gasteiger partial charge in [0.1, 0.15) is 0 Å². The molecular weight excluding hydrogens is 508 g/mol. The molecule has 0 aromatic rings. The van der Waals surface area contributed by atoms with E-state index in [1.807, 2.05) is 0 Å². The van der Waals surface area contributed by atoms with Gasteiger partial charge in [-0.3, -0.25) is 0 Å². The van der Waals surface area contributed by atoms with Gasteiger partial charge in [-0.05, 0) is 93.7 Å². The van der Waals surface area contributed by atoms with Crippen molar-refractivity contribution in [3.8, 4) is 0 Å². The van der Waals surface area contributed by atoms with Gasteiger partial charge in [0.15, 0.2) is 20.2 Å². The van der Waals surface area contributed by atoms with Crippen molar-refractivity contribution in [3.63, 3.8) is 0 Å². The summed E-state index contributed by atoms with van der Waals surface area (Å²) in [4.78, 5) is 13.0. The molecule has 1 heterocycles. The highest BCUT2D eigenvalue weighted by Crippen LogP contribution is 2.46. The Bertz CT molecular complexity index is 739. The zero-order valence-electron chi connectivity index (χ0n) is 26.0. The average molecular weight is 569 g/mol. The molecule has 39 heavy (non-hydrogen) atoms. The lowest BCUT2D eigenvalue weighted by Crippen LogP contribution is -2.57. The van der Waals surface area contributed by atoms with Gasteiger partial charge in [-0.2, -0.15) is 0 Å². The van der Waals surface area contributed by atoms with E-state index in [1.165, 1.54) is 6.42 Å². The summed E-state index contributed by atoms with van der Waals surface area (Å²) >= 11 is 0. The first-order valence-corrected chi connectivity index (χ1v) is 19.2. The molecule has 6 nitrogen and oxygen atoms in total. The Hall–Kier alpha value is -0.473. The van der Waals surface area contributed by atoms with E-state index in [9.17, 15) is 15.0 Å². The van der Waals surface area contributed by atoms with Gasteiger partial charge in [-0.1, -0.05) is 66.2 Å². The minimum absolute atomic E-state index is 0.0312. The number of unbranched alkanes of at least 4 members (excludes halogenated alkanes) is 2. The van der Waals surface area contributed by atoms with Gasteiger partial charge in [0.2, 0.25) is 0 Å². The molecule has 2 saturated carbocycles. The third kappa shape index (κ3) is 8.53. The molecule has 0 radical (unpaired) electrons. The molecule has 0 amide bonds. The van der Waals surface area contributed by atoms with Gasteiger partial charge in [0.25, 0.3) is 0 Å². The van der Waals surface area contributed by atoms with Crippen LogP contribution in [-0.2, 0) is 18.7 Å². The normalized spacial score (nSPS) is 30.8. The van der Waals surface area contributed by atoms with Gasteiger partial charge in [-0.25, -0.2) is 4.79 Å². The van der Waals surface area contributed by atoms with Crippen LogP contribution in [0.4, 0.5) is 0 Å². The van der Waals surface area contributed by atoms with Crippen molar-refractivity contribution in [1.29, 1.82) is 0 Å². The van der Waals surface area contributed by atoms with E-state index in [-0.39, 0.29) is 35.4 Å². The first kappa shape index (κ1) is 33.0. The second-order valence-electron chi connectivity index (χ2n) is 14.4. The standard InChI is InChI=1S/C32H60O6Si/c1-7-16-26-25(27(33)23-28(26)37-29-20-13-15-22-36-29)19-12-9-14-21-32(30(34)35,24-17-10-8-11-18-24)38-39(5,6)31(2,3)4/h24-29,33H,7-23H2,1-6H3,(H,34,35)/t25-,26-,27+,28?,29?,32?/m1/s1. The molecule has 1 aliphatic heterocycles. The van der Waals surface area contributed by atoms with Crippen molar-refractivity contribution in [2.75, 3.05) is 6.61 Å². The Labute approximate surface area is 240 Å². The van der Waals surface area contributed by atoms with Crippen molar-refractivity contribution < 1.29 is 28.9 Å². The summed E-state index contributed by atoms with van der Waals surface area (Å²) in [5.41, 5.74) is -1.07. The minimum Gasteiger partial charge on any atom is -0.479 e. The molecule has 0 bridgehead atoms. The summed E-state index contributed by atoms with van der Waals surface area (Å²) in [6.45, 7) is 14.0. The van der Waals surface area contributed by atoms with Crippen LogP contribution in [0.5, 0.6) is 0 Å². The molecule has 3 aliphatic rings. The van der Waals surface area contributed by atoms with Crippen LogP contribution in [0.3, 0.4) is 0 Å². The first-order chi connectivity index (χ1) is 18.4. The van der Waals surface area contributed by atoms with Gasteiger partial charge in [0.05, 0.1) is 12.2 Å². The number of aliphatic hydroxyl groups excluding tert-OH is 1. The SMILES string of the molecule is CCC[C@H]1C(OC2CCCCO2)C[C@H](O)[C@@H]1CCCCCC(O[Si](C)(C)C(C)(C)C)(C(=O)O)C1CCCCC1. The Morgan fingerprint density at radius 1 is 0.949 bits per heavy atom. The fraction of sp³-hybridized carbons (Fsp3) is 0.969. The Kier molecular flexibility index (Phi) is 12.4. The summed E-state index contributed by atoms with van der Waals surface area (Å²) in [5.74, 6) is -0.0239. The van der Waals surface area contributed by atoms with Crippen molar-refractivity contribution in [2.45, 2.75) is 173 Å². The zero-order valence-corrected chi connectivity index (χ0v) is 27.0. The van der Waals surface area contributed by atoms with Crippen molar-refractivity contribution >= 4 is 14.3 Å². The number of carboxylic acid groups (broad SMARTS) is 1. The highest BCUT2D eigenvalue weighted by molar-refractivity contribution is 6.74. The van der Waals surface area contributed by atoms with Crippen LogP contribution in [-0.4, -0.2) is 55.2 Å². The predicted molar refractivity (Wildman–Crippen MR) is 159 cm³/mol. The van der Waals surface area contributed by atoms with E-state index in [2.05, 4.69) is 40.8 Å². The van der Waals surface area contributed by atoms with Crippen LogP contribution < -0.4 is 0 Å². The molecule has 7 heteroatoms. The van der Waals surface area contributed by atoms with Crippen molar-refractivity contribution in [1.82, 2.24) is 0 Å². The van der Waals surface area contributed by atoms with E-state index in [0.717, 1.165) is 90.1 Å². The molecule has 228 valence electrons. The van der Waals surface area contributed by atoms with E-state index in [1.54, 1.807) is 0 Å². The van der Waals surface area contributed by atoms with E-state index >= 15 is 0 Å². The maximum Gasteiger partial charge on any atom is 0.335 e. The van der Waals surface area contributed by atoms with Crippen LogP contribution in [0, 0.1) is 17.8 Å². The maximum absolute atomic E-state index is 13.0. The van der Waals surface area contributed by atoms with Gasteiger partial charge < -0.3 is 24.1 Å². The highest BCUT2D eigenvalue weighted by Gasteiger charge is 2.53. The lowest BCUT2D eigenvalue weighted by atomic mass is 9.74. The van der Waals surface area contributed by atoms with Crippen LogP contribution in [0.1, 0.15) is 130 Å². The molecule has 6 atom stereocenters. The van der Waals surface area contributed by atoms with Gasteiger partial charge in [0, 0.05) is 13.0 Å². The van der Waals surface area contributed by atoms with Crippen LogP contribution in [0.2, 0.25) is 18.1 Å². The van der Waals surface area contributed by atoms with Gasteiger partial charge in [-0.15, -0.1) is 0 Å². The maximum atomic E-state index is 13.0. The van der Waals surface area contributed by atoms with E-state index < -0.39 is 19.9 Å². The van der Waals surface area contributed by atoms with Crippen LogP contribution in [0.15, 0.2) is 0 Å². The quantitative estimate of drug-likeness (QED) is 0.163. The van der Waals surface area contributed by atoms with E-state index in [4.69, 9.17) is 13.9 Å². The molecular formula is C32H60O6Si. The van der Waals surface area contributed by atoms with Crippen molar-refractivity contribution in [3.05, 3.63) is 0 Å². The number of rotatable bonds is 14. The summed E-state index contributed by atoms with van der Waals surface area (Å²) in [6, 6.07) is 0. The molecule has 1 saturated heterocycles. The van der Waals surface area contributed by atoms with Crippen LogP contribution in [0.25, 0.3) is 0 Å². The molecule has 0 aromatic heterocycles. The summed E-state index contributed by atoms with van der Waals surface area (Å²) < 4.78 is 19.1. The number of carbonyl (C=O) groups is 1. The fourth-order valence-corrected chi connectivity index (χ4v) is 8.82. The van der Waals surface area contributed by atoms with Crippen LogP contribution >= 0.6 is 0 Å². The second kappa shape index (κ2) is 14.6. The number of hydrogen-bond donors (Lipinski definition) is 2. The molecule has 2 N–H and O–H groups in total. The summed E-state index contributed by atoms with van der Waals surface area (Å²) in [6.07, 6.45) is 15.5. The number of carboxylic acids is 1. The summed E-state index contributed by atoms with van der Waals surface area (Å²) in [5, 5.41) is 21.6. The third-order valence-corrected chi connectivity index (χ3v) is 15.0. The number of hydrogen-bond acceptors (Lipinski definition) is 5.